The van der Waals surface area contributed by atoms with Crippen molar-refractivity contribution < 1.29 is 32.0 Å². The Labute approximate surface area is 120 Å². The maximum atomic E-state index is 11.7. The Morgan fingerprint density at radius 1 is 1.20 bits per heavy atom. The standard InChI is InChI=1S/C11H14O7S2/c1-3-17-10(12)7-5-19-9(11(13)18-4-2)8(7)6-20(14,15)16/h5H,3-4,6H2,1-2H3,(H,14,15,16). The van der Waals surface area contributed by atoms with Crippen LogP contribution in [0.4, 0.5) is 0 Å². The number of hydrogen-bond acceptors (Lipinski definition) is 7. The zero-order valence-corrected chi connectivity index (χ0v) is 12.5. The summed E-state index contributed by atoms with van der Waals surface area (Å²) in [5.74, 6) is -2.34. The molecule has 1 aromatic rings. The van der Waals surface area contributed by atoms with Crippen LogP contribution in [-0.4, -0.2) is 38.1 Å². The quantitative estimate of drug-likeness (QED) is 0.624. The van der Waals surface area contributed by atoms with E-state index in [4.69, 9.17) is 14.0 Å². The van der Waals surface area contributed by atoms with Gasteiger partial charge in [0.2, 0.25) is 0 Å². The second kappa shape index (κ2) is 6.82. The Hall–Kier alpha value is -1.45. The molecule has 7 nitrogen and oxygen atoms in total. The van der Waals surface area contributed by atoms with E-state index in [2.05, 4.69) is 0 Å². The smallest absolute Gasteiger partial charge is 0.348 e. The topological polar surface area (TPSA) is 107 Å². The van der Waals surface area contributed by atoms with Gasteiger partial charge >= 0.3 is 11.9 Å². The summed E-state index contributed by atoms with van der Waals surface area (Å²) in [4.78, 5) is 23.4. The van der Waals surface area contributed by atoms with Crippen LogP contribution in [0.2, 0.25) is 0 Å². The van der Waals surface area contributed by atoms with Gasteiger partial charge in [0.1, 0.15) is 10.6 Å². The van der Waals surface area contributed by atoms with Crippen LogP contribution in [0.5, 0.6) is 0 Å². The highest BCUT2D eigenvalue weighted by Gasteiger charge is 2.26. The molecule has 20 heavy (non-hydrogen) atoms. The van der Waals surface area contributed by atoms with E-state index in [1.165, 1.54) is 5.38 Å². The Morgan fingerprint density at radius 3 is 2.25 bits per heavy atom. The number of carbonyl (C=O) groups excluding carboxylic acids is 2. The molecule has 0 amide bonds. The number of esters is 2. The molecule has 0 aromatic carbocycles. The molecule has 0 aliphatic heterocycles. The van der Waals surface area contributed by atoms with E-state index < -0.39 is 27.8 Å². The average Bonchev–Trinajstić information content (AvgIpc) is 2.71. The minimum absolute atomic E-state index is 0.0347. The first-order valence-corrected chi connectivity index (χ1v) is 8.18. The number of thiophene rings is 1. The van der Waals surface area contributed by atoms with E-state index in [1.54, 1.807) is 13.8 Å². The van der Waals surface area contributed by atoms with Crippen LogP contribution in [0.3, 0.4) is 0 Å². The molecule has 0 aliphatic carbocycles. The summed E-state index contributed by atoms with van der Waals surface area (Å²) in [5.41, 5.74) is -0.160. The van der Waals surface area contributed by atoms with Gasteiger partial charge in [-0.15, -0.1) is 11.3 Å². The van der Waals surface area contributed by atoms with Crippen LogP contribution in [0.1, 0.15) is 39.4 Å². The molecule has 0 saturated heterocycles. The lowest BCUT2D eigenvalue weighted by molar-refractivity contribution is 0.0526. The summed E-state index contributed by atoms with van der Waals surface area (Å²) >= 11 is 0.868. The van der Waals surface area contributed by atoms with E-state index in [9.17, 15) is 18.0 Å². The summed E-state index contributed by atoms with van der Waals surface area (Å²) in [6, 6.07) is 0. The molecule has 1 rings (SSSR count). The molecule has 112 valence electrons. The highest BCUT2D eigenvalue weighted by molar-refractivity contribution is 7.85. The van der Waals surface area contributed by atoms with Gasteiger partial charge in [-0.2, -0.15) is 8.42 Å². The van der Waals surface area contributed by atoms with Gasteiger partial charge in [0.05, 0.1) is 18.8 Å². The molecule has 1 aromatic heterocycles. The minimum Gasteiger partial charge on any atom is -0.462 e. The van der Waals surface area contributed by atoms with Crippen LogP contribution in [0.15, 0.2) is 5.38 Å². The highest BCUT2D eigenvalue weighted by atomic mass is 32.2. The maximum absolute atomic E-state index is 11.7. The van der Waals surface area contributed by atoms with Crippen molar-refractivity contribution in [1.82, 2.24) is 0 Å². The van der Waals surface area contributed by atoms with Crippen molar-refractivity contribution >= 4 is 33.4 Å². The molecule has 0 saturated carbocycles. The third kappa shape index (κ3) is 4.29. The molecule has 0 atom stereocenters. The Morgan fingerprint density at radius 2 is 1.75 bits per heavy atom. The number of hydrogen-bond donors (Lipinski definition) is 1. The monoisotopic (exact) mass is 322 g/mol. The fourth-order valence-corrected chi connectivity index (χ4v) is 3.17. The van der Waals surface area contributed by atoms with Gasteiger partial charge in [-0.3, -0.25) is 4.55 Å². The molecule has 1 N–H and O–H groups in total. The van der Waals surface area contributed by atoms with E-state index in [0.717, 1.165) is 11.3 Å². The number of ether oxygens (including phenoxy) is 2. The van der Waals surface area contributed by atoms with Gasteiger partial charge < -0.3 is 9.47 Å². The van der Waals surface area contributed by atoms with Gasteiger partial charge in [-0.05, 0) is 13.8 Å². The first kappa shape index (κ1) is 16.6. The van der Waals surface area contributed by atoms with Crippen molar-refractivity contribution in [3.05, 3.63) is 21.4 Å². The number of rotatable bonds is 6. The molecule has 0 spiro atoms. The fraction of sp³-hybridized carbons (Fsp3) is 0.455. The normalized spacial score (nSPS) is 11.2. The predicted octanol–water partition coefficient (Wildman–Crippen LogP) is 1.49. The van der Waals surface area contributed by atoms with Crippen LogP contribution in [0.25, 0.3) is 0 Å². The van der Waals surface area contributed by atoms with E-state index in [1.807, 2.05) is 0 Å². The van der Waals surface area contributed by atoms with Crippen LogP contribution >= 0.6 is 11.3 Å². The summed E-state index contributed by atoms with van der Waals surface area (Å²) < 4.78 is 40.5. The predicted molar refractivity (Wildman–Crippen MR) is 71.5 cm³/mol. The van der Waals surface area contributed by atoms with Gasteiger partial charge in [0.15, 0.2) is 0 Å². The lowest BCUT2D eigenvalue weighted by Crippen LogP contribution is -2.13. The molecule has 0 unspecified atom stereocenters. The van der Waals surface area contributed by atoms with Crippen LogP contribution < -0.4 is 0 Å². The Balaban J connectivity index is 3.26. The van der Waals surface area contributed by atoms with Crippen molar-refractivity contribution in [2.75, 3.05) is 13.2 Å². The van der Waals surface area contributed by atoms with E-state index in [0.29, 0.717) is 0 Å². The molecule has 0 fully saturated rings. The summed E-state index contributed by atoms with van der Waals surface area (Å²) in [6.45, 7) is 3.41. The zero-order chi connectivity index (χ0) is 15.3. The summed E-state index contributed by atoms with van der Waals surface area (Å²) in [5, 5.41) is 1.31. The second-order valence-electron chi connectivity index (χ2n) is 3.62. The minimum atomic E-state index is -4.40. The summed E-state index contributed by atoms with van der Waals surface area (Å²) in [7, 11) is -4.40. The lowest BCUT2D eigenvalue weighted by atomic mass is 10.2. The number of carbonyl (C=O) groups is 2. The third-order valence-corrected chi connectivity index (χ3v) is 3.83. The van der Waals surface area contributed by atoms with Gasteiger partial charge in [0.25, 0.3) is 10.1 Å². The van der Waals surface area contributed by atoms with E-state index in [-0.39, 0.29) is 29.2 Å². The van der Waals surface area contributed by atoms with Crippen LogP contribution in [0, 0.1) is 0 Å². The van der Waals surface area contributed by atoms with Crippen molar-refractivity contribution in [1.29, 1.82) is 0 Å². The van der Waals surface area contributed by atoms with Crippen LogP contribution in [-0.2, 0) is 25.3 Å². The first-order chi connectivity index (χ1) is 9.30. The molecular formula is C11H14O7S2. The Bertz CT molecular complexity index is 565. The Kier molecular flexibility index (Phi) is 5.66. The highest BCUT2D eigenvalue weighted by Crippen LogP contribution is 2.26. The third-order valence-electron chi connectivity index (χ3n) is 2.18. The largest absolute Gasteiger partial charge is 0.462 e. The van der Waals surface area contributed by atoms with Gasteiger partial charge in [-0.1, -0.05) is 0 Å². The molecule has 9 heteroatoms. The molecule has 0 radical (unpaired) electrons. The van der Waals surface area contributed by atoms with Crippen molar-refractivity contribution in [3.63, 3.8) is 0 Å². The van der Waals surface area contributed by atoms with Crippen molar-refractivity contribution in [2.24, 2.45) is 0 Å². The summed E-state index contributed by atoms with van der Waals surface area (Å²) in [6.07, 6.45) is 0. The maximum Gasteiger partial charge on any atom is 0.348 e. The van der Waals surface area contributed by atoms with E-state index >= 15 is 0 Å². The molecule has 1 heterocycles. The van der Waals surface area contributed by atoms with Gasteiger partial charge in [0, 0.05) is 10.9 Å². The zero-order valence-electron chi connectivity index (χ0n) is 10.9. The van der Waals surface area contributed by atoms with Gasteiger partial charge in [-0.25, -0.2) is 9.59 Å². The lowest BCUT2D eigenvalue weighted by Gasteiger charge is -2.05. The molecule has 0 aliphatic rings. The van der Waals surface area contributed by atoms with Crippen molar-refractivity contribution in [2.45, 2.75) is 19.6 Å². The van der Waals surface area contributed by atoms with Crippen molar-refractivity contribution in [3.8, 4) is 0 Å². The average molecular weight is 322 g/mol. The SMILES string of the molecule is CCOC(=O)c1csc(C(=O)OCC)c1CS(=O)(=O)O. The molecular weight excluding hydrogens is 308 g/mol. The molecule has 0 bridgehead atoms. The fourth-order valence-electron chi connectivity index (χ4n) is 1.46. The first-order valence-electron chi connectivity index (χ1n) is 5.69. The second-order valence-corrected chi connectivity index (χ2v) is 5.96.